The Hall–Kier alpha value is -1.17. The standard InChI is InChI=1S/C19H27Cl3N2O3/c1-2-3-4-5-6-7-8-12-16(25)24-18(19(20,21)22)23-15-11-9-10-14(13-15)17(26)27/h9-11,13,18,23H,2-8,12H2,1H3,(H,24,25)(H,26,27)/t18-/m0/s1. The second kappa shape index (κ2) is 12.3. The number of alkyl halides is 3. The van der Waals surface area contributed by atoms with Gasteiger partial charge in [-0.25, -0.2) is 4.79 Å². The summed E-state index contributed by atoms with van der Waals surface area (Å²) in [5.74, 6) is -1.28. The van der Waals surface area contributed by atoms with Crippen LogP contribution in [0.15, 0.2) is 24.3 Å². The lowest BCUT2D eigenvalue weighted by Crippen LogP contribution is -2.49. The first kappa shape index (κ1) is 23.9. The van der Waals surface area contributed by atoms with E-state index in [-0.39, 0.29) is 11.5 Å². The second-order valence-electron chi connectivity index (χ2n) is 6.44. The maximum Gasteiger partial charge on any atom is 0.335 e. The van der Waals surface area contributed by atoms with Gasteiger partial charge in [0.05, 0.1) is 5.56 Å². The van der Waals surface area contributed by atoms with Crippen molar-refractivity contribution in [2.24, 2.45) is 0 Å². The van der Waals surface area contributed by atoms with Gasteiger partial charge >= 0.3 is 5.97 Å². The topological polar surface area (TPSA) is 78.4 Å². The van der Waals surface area contributed by atoms with E-state index in [0.717, 1.165) is 19.3 Å². The third-order valence-corrected chi connectivity index (χ3v) is 4.72. The minimum absolute atomic E-state index is 0.0949. The minimum Gasteiger partial charge on any atom is -0.478 e. The molecule has 0 bridgehead atoms. The zero-order valence-corrected chi connectivity index (χ0v) is 17.7. The summed E-state index contributed by atoms with van der Waals surface area (Å²) < 4.78 is -1.80. The van der Waals surface area contributed by atoms with Gasteiger partial charge in [0, 0.05) is 12.1 Å². The van der Waals surface area contributed by atoms with Gasteiger partial charge in [0.15, 0.2) is 0 Å². The van der Waals surface area contributed by atoms with Crippen LogP contribution in [0.2, 0.25) is 0 Å². The quantitative estimate of drug-likeness (QED) is 0.221. The van der Waals surface area contributed by atoms with Crippen molar-refractivity contribution in [1.29, 1.82) is 0 Å². The van der Waals surface area contributed by atoms with Crippen molar-refractivity contribution in [2.75, 3.05) is 5.32 Å². The number of benzene rings is 1. The van der Waals surface area contributed by atoms with E-state index in [9.17, 15) is 9.59 Å². The average Bonchev–Trinajstić information content (AvgIpc) is 2.60. The molecule has 5 nitrogen and oxygen atoms in total. The first-order valence-electron chi connectivity index (χ1n) is 9.20. The van der Waals surface area contributed by atoms with Gasteiger partial charge in [-0.1, -0.05) is 86.3 Å². The third kappa shape index (κ3) is 10.1. The summed E-state index contributed by atoms with van der Waals surface area (Å²) in [6.07, 6.45) is 7.13. The van der Waals surface area contributed by atoms with Gasteiger partial charge in [-0.05, 0) is 24.6 Å². The number of anilines is 1. The fourth-order valence-electron chi connectivity index (χ4n) is 2.58. The lowest BCUT2D eigenvalue weighted by molar-refractivity contribution is -0.121. The Morgan fingerprint density at radius 3 is 2.30 bits per heavy atom. The summed E-state index contributed by atoms with van der Waals surface area (Å²) in [5, 5.41) is 14.6. The Balaban J connectivity index is 2.52. The predicted octanol–water partition coefficient (Wildman–Crippen LogP) is 5.75. The van der Waals surface area contributed by atoms with Crippen molar-refractivity contribution in [3.05, 3.63) is 29.8 Å². The van der Waals surface area contributed by atoms with E-state index in [2.05, 4.69) is 17.6 Å². The van der Waals surface area contributed by atoms with Crippen molar-refractivity contribution < 1.29 is 14.7 Å². The summed E-state index contributed by atoms with van der Waals surface area (Å²) in [7, 11) is 0. The van der Waals surface area contributed by atoms with Crippen molar-refractivity contribution in [3.8, 4) is 0 Å². The molecule has 0 saturated carbocycles. The number of carboxylic acid groups (broad SMARTS) is 1. The van der Waals surface area contributed by atoms with Crippen LogP contribution in [0.5, 0.6) is 0 Å². The van der Waals surface area contributed by atoms with E-state index in [1.54, 1.807) is 12.1 Å². The van der Waals surface area contributed by atoms with Gasteiger partial charge < -0.3 is 15.7 Å². The van der Waals surface area contributed by atoms with Gasteiger partial charge in [-0.3, -0.25) is 4.79 Å². The van der Waals surface area contributed by atoms with Crippen LogP contribution < -0.4 is 10.6 Å². The highest BCUT2D eigenvalue weighted by Crippen LogP contribution is 2.31. The molecule has 1 aromatic rings. The molecule has 152 valence electrons. The molecule has 0 unspecified atom stereocenters. The molecule has 0 aliphatic carbocycles. The molecule has 0 heterocycles. The van der Waals surface area contributed by atoms with Crippen LogP contribution in [0.25, 0.3) is 0 Å². The fourth-order valence-corrected chi connectivity index (χ4v) is 2.91. The molecular formula is C19H27Cl3N2O3. The Morgan fingerprint density at radius 2 is 1.70 bits per heavy atom. The Kier molecular flexibility index (Phi) is 10.9. The van der Waals surface area contributed by atoms with Crippen molar-refractivity contribution in [2.45, 2.75) is 68.2 Å². The molecule has 27 heavy (non-hydrogen) atoms. The summed E-state index contributed by atoms with van der Waals surface area (Å²) in [4.78, 5) is 23.2. The number of halogens is 3. The molecule has 0 saturated heterocycles. The molecule has 0 fully saturated rings. The number of carbonyl (C=O) groups is 2. The Labute approximate surface area is 175 Å². The fraction of sp³-hybridized carbons (Fsp3) is 0.579. The molecule has 0 aromatic heterocycles. The normalized spacial score (nSPS) is 12.4. The van der Waals surface area contributed by atoms with Gasteiger partial charge in [-0.2, -0.15) is 0 Å². The number of hydrogen-bond acceptors (Lipinski definition) is 3. The first-order valence-corrected chi connectivity index (χ1v) is 10.3. The molecule has 0 radical (unpaired) electrons. The zero-order valence-electron chi connectivity index (χ0n) is 15.4. The molecule has 1 amide bonds. The second-order valence-corrected chi connectivity index (χ2v) is 8.81. The van der Waals surface area contributed by atoms with E-state index in [1.165, 1.54) is 37.8 Å². The summed E-state index contributed by atoms with van der Waals surface area (Å²) >= 11 is 17.9. The lowest BCUT2D eigenvalue weighted by Gasteiger charge is -2.27. The molecule has 8 heteroatoms. The first-order chi connectivity index (χ1) is 12.7. The van der Waals surface area contributed by atoms with Gasteiger partial charge in [0.25, 0.3) is 0 Å². The largest absolute Gasteiger partial charge is 0.478 e. The van der Waals surface area contributed by atoms with Crippen LogP contribution >= 0.6 is 34.8 Å². The highest BCUT2D eigenvalue weighted by atomic mass is 35.6. The molecule has 0 aliphatic rings. The van der Waals surface area contributed by atoms with Crippen molar-refractivity contribution in [3.63, 3.8) is 0 Å². The Morgan fingerprint density at radius 1 is 1.07 bits per heavy atom. The molecule has 1 atom stereocenters. The maximum absolute atomic E-state index is 12.2. The van der Waals surface area contributed by atoms with E-state index in [1.807, 2.05) is 0 Å². The number of carbonyl (C=O) groups excluding carboxylic acids is 1. The van der Waals surface area contributed by atoms with Crippen molar-refractivity contribution in [1.82, 2.24) is 5.32 Å². The highest BCUT2D eigenvalue weighted by molar-refractivity contribution is 6.68. The van der Waals surface area contributed by atoms with Crippen LogP contribution in [-0.4, -0.2) is 26.9 Å². The molecule has 1 rings (SSSR count). The predicted molar refractivity (Wildman–Crippen MR) is 112 cm³/mol. The number of aromatic carboxylic acids is 1. The number of carboxylic acids is 1. The highest BCUT2D eigenvalue weighted by Gasteiger charge is 2.34. The summed E-state index contributed by atoms with van der Waals surface area (Å²) in [5.41, 5.74) is 0.528. The van der Waals surface area contributed by atoms with Crippen LogP contribution in [0, 0.1) is 0 Å². The van der Waals surface area contributed by atoms with Crippen molar-refractivity contribution >= 4 is 52.4 Å². The van der Waals surface area contributed by atoms with E-state index in [0.29, 0.717) is 12.1 Å². The minimum atomic E-state index is -1.80. The number of hydrogen-bond donors (Lipinski definition) is 3. The zero-order chi connectivity index (χ0) is 20.3. The lowest BCUT2D eigenvalue weighted by atomic mass is 10.1. The van der Waals surface area contributed by atoms with Crippen LogP contribution in [0.4, 0.5) is 5.69 Å². The van der Waals surface area contributed by atoms with Crippen LogP contribution in [-0.2, 0) is 4.79 Å². The molecular weight excluding hydrogens is 411 g/mol. The SMILES string of the molecule is CCCCCCCCCC(=O)N[C@H](Nc1cccc(C(=O)O)c1)C(Cl)(Cl)Cl. The Bertz CT molecular complexity index is 606. The molecule has 0 aliphatic heterocycles. The average molecular weight is 438 g/mol. The monoisotopic (exact) mass is 436 g/mol. The number of rotatable bonds is 12. The maximum atomic E-state index is 12.2. The summed E-state index contributed by atoms with van der Waals surface area (Å²) in [6.45, 7) is 2.18. The summed E-state index contributed by atoms with van der Waals surface area (Å²) in [6, 6.07) is 6.07. The van der Waals surface area contributed by atoms with E-state index in [4.69, 9.17) is 39.9 Å². The van der Waals surface area contributed by atoms with Crippen LogP contribution in [0.1, 0.15) is 68.6 Å². The number of unbranched alkanes of at least 4 members (excludes halogenated alkanes) is 6. The van der Waals surface area contributed by atoms with E-state index >= 15 is 0 Å². The van der Waals surface area contributed by atoms with E-state index < -0.39 is 15.9 Å². The smallest absolute Gasteiger partial charge is 0.335 e. The van der Waals surface area contributed by atoms with Gasteiger partial charge in [0.2, 0.25) is 9.70 Å². The van der Waals surface area contributed by atoms with Gasteiger partial charge in [0.1, 0.15) is 6.17 Å². The molecule has 1 aromatic carbocycles. The van der Waals surface area contributed by atoms with Crippen LogP contribution in [0.3, 0.4) is 0 Å². The van der Waals surface area contributed by atoms with Gasteiger partial charge in [-0.15, -0.1) is 0 Å². The molecule has 0 spiro atoms. The number of nitrogens with one attached hydrogen (secondary N) is 2. The number of amides is 1. The molecule has 3 N–H and O–H groups in total. The third-order valence-electron chi connectivity index (χ3n) is 4.06.